The van der Waals surface area contributed by atoms with Gasteiger partial charge in [0, 0.05) is 0 Å². The maximum absolute atomic E-state index is 5.94. The van der Waals surface area contributed by atoms with Crippen LogP contribution in [-0.4, -0.2) is 6.54 Å². The Morgan fingerprint density at radius 1 is 1.00 bits per heavy atom. The average Bonchev–Trinajstić information content (AvgIpc) is 2.39. The molecule has 102 valence electrons. The molecule has 0 heterocycles. The Bertz CT molecular complexity index is 319. The molecule has 1 nitrogen and oxygen atoms in total. The van der Waals surface area contributed by atoms with Gasteiger partial charge in [-0.05, 0) is 36.9 Å². The third-order valence-corrected chi connectivity index (χ3v) is 3.82. The van der Waals surface area contributed by atoms with E-state index in [2.05, 4.69) is 38.1 Å². The molecule has 0 radical (unpaired) electrons. The number of rotatable bonds is 9. The van der Waals surface area contributed by atoms with Crippen molar-refractivity contribution in [2.45, 2.75) is 64.7 Å². The van der Waals surface area contributed by atoms with Crippen LogP contribution in [0.2, 0.25) is 0 Å². The van der Waals surface area contributed by atoms with Crippen molar-refractivity contribution < 1.29 is 0 Å². The predicted molar refractivity (Wildman–Crippen MR) is 81.0 cm³/mol. The zero-order valence-corrected chi connectivity index (χ0v) is 12.1. The van der Waals surface area contributed by atoms with E-state index in [0.29, 0.717) is 5.92 Å². The minimum absolute atomic E-state index is 0.553. The Morgan fingerprint density at radius 2 is 1.67 bits per heavy atom. The summed E-state index contributed by atoms with van der Waals surface area (Å²) in [5.41, 5.74) is 8.78. The zero-order valence-electron chi connectivity index (χ0n) is 12.1. The van der Waals surface area contributed by atoms with Crippen molar-refractivity contribution in [1.82, 2.24) is 0 Å². The van der Waals surface area contributed by atoms with Crippen LogP contribution >= 0.6 is 0 Å². The van der Waals surface area contributed by atoms with E-state index in [1.165, 1.54) is 56.1 Å². The molecule has 0 amide bonds. The fourth-order valence-corrected chi connectivity index (χ4v) is 2.62. The van der Waals surface area contributed by atoms with Gasteiger partial charge < -0.3 is 5.73 Å². The van der Waals surface area contributed by atoms with Gasteiger partial charge in [-0.15, -0.1) is 0 Å². The summed E-state index contributed by atoms with van der Waals surface area (Å²) in [6.45, 7) is 5.24. The van der Waals surface area contributed by atoms with Crippen LogP contribution in [0.4, 0.5) is 0 Å². The van der Waals surface area contributed by atoms with Crippen molar-refractivity contribution in [1.29, 1.82) is 0 Å². The molecule has 18 heavy (non-hydrogen) atoms. The first-order valence-electron chi connectivity index (χ1n) is 7.55. The summed E-state index contributed by atoms with van der Waals surface area (Å²) in [5, 5.41) is 0. The quantitative estimate of drug-likeness (QED) is 0.624. The number of benzene rings is 1. The molecule has 1 aromatic carbocycles. The van der Waals surface area contributed by atoms with Crippen molar-refractivity contribution in [3.05, 3.63) is 35.4 Å². The summed E-state index contributed by atoms with van der Waals surface area (Å²) >= 11 is 0. The minimum atomic E-state index is 0.553. The largest absolute Gasteiger partial charge is 0.330 e. The lowest BCUT2D eigenvalue weighted by atomic mass is 9.90. The van der Waals surface area contributed by atoms with E-state index in [0.717, 1.165) is 6.54 Å². The van der Waals surface area contributed by atoms with Gasteiger partial charge in [-0.25, -0.2) is 0 Å². The summed E-state index contributed by atoms with van der Waals surface area (Å²) < 4.78 is 0. The molecule has 0 aliphatic rings. The first kappa shape index (κ1) is 15.2. The summed E-state index contributed by atoms with van der Waals surface area (Å²) in [4.78, 5) is 0. The highest BCUT2D eigenvalue weighted by molar-refractivity contribution is 5.29. The van der Waals surface area contributed by atoms with Gasteiger partial charge in [0.15, 0.2) is 0 Å². The molecule has 0 saturated heterocycles. The van der Waals surface area contributed by atoms with Crippen LogP contribution in [0.3, 0.4) is 0 Å². The van der Waals surface area contributed by atoms with E-state index in [4.69, 9.17) is 5.73 Å². The standard InChI is InChI=1S/C17H29N/c1-3-4-5-6-7-8-12-16(14-18)17-13-10-9-11-15(17)2/h9-11,13,16H,3-8,12,14,18H2,1-2H3. The smallest absolute Gasteiger partial charge is 0.000814 e. The maximum atomic E-state index is 5.94. The van der Waals surface area contributed by atoms with Gasteiger partial charge in [0.2, 0.25) is 0 Å². The van der Waals surface area contributed by atoms with Crippen LogP contribution in [0.15, 0.2) is 24.3 Å². The number of nitrogens with two attached hydrogens (primary N) is 1. The van der Waals surface area contributed by atoms with E-state index in [9.17, 15) is 0 Å². The molecule has 0 saturated carbocycles. The second-order valence-corrected chi connectivity index (χ2v) is 5.35. The Labute approximate surface area is 113 Å². The Hall–Kier alpha value is -0.820. The van der Waals surface area contributed by atoms with E-state index >= 15 is 0 Å². The van der Waals surface area contributed by atoms with E-state index in [1.54, 1.807) is 0 Å². The number of hydrogen-bond acceptors (Lipinski definition) is 1. The summed E-state index contributed by atoms with van der Waals surface area (Å²) in [6, 6.07) is 8.67. The van der Waals surface area contributed by atoms with Crippen LogP contribution in [0, 0.1) is 6.92 Å². The van der Waals surface area contributed by atoms with Gasteiger partial charge in [-0.3, -0.25) is 0 Å². The fraction of sp³-hybridized carbons (Fsp3) is 0.647. The van der Waals surface area contributed by atoms with E-state index in [1.807, 2.05) is 0 Å². The average molecular weight is 247 g/mol. The summed E-state index contributed by atoms with van der Waals surface area (Å²) in [7, 11) is 0. The second kappa shape index (κ2) is 9.16. The van der Waals surface area contributed by atoms with E-state index in [-0.39, 0.29) is 0 Å². The van der Waals surface area contributed by atoms with Crippen molar-refractivity contribution in [2.24, 2.45) is 5.73 Å². The molecule has 1 rings (SSSR count). The van der Waals surface area contributed by atoms with Crippen molar-refractivity contribution in [3.8, 4) is 0 Å². The summed E-state index contributed by atoms with van der Waals surface area (Å²) in [6.07, 6.45) is 9.43. The SMILES string of the molecule is CCCCCCCCC(CN)c1ccccc1C. The minimum Gasteiger partial charge on any atom is -0.330 e. The Morgan fingerprint density at radius 3 is 2.33 bits per heavy atom. The highest BCUT2D eigenvalue weighted by Gasteiger charge is 2.11. The lowest BCUT2D eigenvalue weighted by Crippen LogP contribution is -2.13. The van der Waals surface area contributed by atoms with Gasteiger partial charge in [0.25, 0.3) is 0 Å². The van der Waals surface area contributed by atoms with Gasteiger partial charge >= 0.3 is 0 Å². The van der Waals surface area contributed by atoms with Gasteiger partial charge in [-0.1, -0.05) is 69.7 Å². The monoisotopic (exact) mass is 247 g/mol. The van der Waals surface area contributed by atoms with Crippen molar-refractivity contribution in [3.63, 3.8) is 0 Å². The molecule has 0 aliphatic heterocycles. The lowest BCUT2D eigenvalue weighted by molar-refractivity contribution is 0.541. The first-order valence-corrected chi connectivity index (χ1v) is 7.55. The van der Waals surface area contributed by atoms with Crippen LogP contribution in [0.5, 0.6) is 0 Å². The molecule has 1 atom stereocenters. The molecular formula is C17H29N. The molecule has 1 heteroatoms. The first-order chi connectivity index (χ1) is 8.79. The second-order valence-electron chi connectivity index (χ2n) is 5.35. The van der Waals surface area contributed by atoms with Crippen LogP contribution < -0.4 is 5.73 Å². The van der Waals surface area contributed by atoms with Gasteiger partial charge in [0.1, 0.15) is 0 Å². The van der Waals surface area contributed by atoms with Crippen LogP contribution in [0.1, 0.15) is 68.9 Å². The molecule has 2 N–H and O–H groups in total. The number of aryl methyl sites for hydroxylation is 1. The third-order valence-electron chi connectivity index (χ3n) is 3.82. The fourth-order valence-electron chi connectivity index (χ4n) is 2.62. The maximum Gasteiger partial charge on any atom is -0.000814 e. The number of hydrogen-bond donors (Lipinski definition) is 1. The molecule has 0 fully saturated rings. The van der Waals surface area contributed by atoms with Crippen molar-refractivity contribution >= 4 is 0 Å². The normalized spacial score (nSPS) is 12.6. The molecule has 0 aliphatic carbocycles. The molecule has 0 spiro atoms. The van der Waals surface area contributed by atoms with Gasteiger partial charge in [-0.2, -0.15) is 0 Å². The molecule has 1 aromatic rings. The highest BCUT2D eigenvalue weighted by Crippen LogP contribution is 2.24. The van der Waals surface area contributed by atoms with Crippen LogP contribution in [-0.2, 0) is 0 Å². The third kappa shape index (κ3) is 5.22. The molecular weight excluding hydrogens is 218 g/mol. The predicted octanol–water partition coefficient (Wildman–Crippen LogP) is 4.79. The molecule has 0 bridgehead atoms. The van der Waals surface area contributed by atoms with E-state index < -0.39 is 0 Å². The van der Waals surface area contributed by atoms with Crippen molar-refractivity contribution in [2.75, 3.05) is 6.54 Å². The van der Waals surface area contributed by atoms with Gasteiger partial charge in [0.05, 0.1) is 0 Å². The number of unbranched alkanes of at least 4 members (excludes halogenated alkanes) is 5. The molecule has 1 unspecified atom stereocenters. The van der Waals surface area contributed by atoms with Crippen LogP contribution in [0.25, 0.3) is 0 Å². The highest BCUT2D eigenvalue weighted by atomic mass is 14.5. The Balaban J connectivity index is 2.32. The lowest BCUT2D eigenvalue weighted by Gasteiger charge is -2.17. The molecule has 0 aromatic heterocycles. The Kier molecular flexibility index (Phi) is 7.75. The topological polar surface area (TPSA) is 26.0 Å². The zero-order chi connectivity index (χ0) is 13.2. The summed E-state index contributed by atoms with van der Waals surface area (Å²) in [5.74, 6) is 0.553.